The molecule has 0 fully saturated rings. The molecule has 0 spiro atoms. The van der Waals surface area contributed by atoms with Crippen molar-refractivity contribution in [2.75, 3.05) is 7.05 Å². The summed E-state index contributed by atoms with van der Waals surface area (Å²) < 4.78 is 0. The summed E-state index contributed by atoms with van der Waals surface area (Å²) >= 11 is 0. The topological polar surface area (TPSA) is 44.9 Å². The molecule has 16 heavy (non-hydrogen) atoms. The summed E-state index contributed by atoms with van der Waals surface area (Å²) in [5.74, 6) is 0.0246. The Balaban J connectivity index is 0.000000606. The lowest BCUT2D eigenvalue weighted by Gasteiger charge is -1.95. The van der Waals surface area contributed by atoms with Crippen LogP contribution in [0.4, 0.5) is 0 Å². The van der Waals surface area contributed by atoms with Gasteiger partial charge in [0.15, 0.2) is 0 Å². The molecule has 2 rings (SSSR count). The number of H-pyrrole nitrogens is 1. The number of aromatic nitrogens is 1. The second kappa shape index (κ2) is 5.95. The van der Waals surface area contributed by atoms with E-state index in [9.17, 15) is 4.79 Å². The Morgan fingerprint density at radius 1 is 1.31 bits per heavy atom. The van der Waals surface area contributed by atoms with Crippen molar-refractivity contribution in [1.82, 2.24) is 10.3 Å². The lowest BCUT2D eigenvalue weighted by molar-refractivity contribution is -0.120. The Morgan fingerprint density at radius 3 is 2.62 bits per heavy atom. The van der Waals surface area contributed by atoms with E-state index in [-0.39, 0.29) is 5.91 Å². The Morgan fingerprint density at radius 2 is 2.00 bits per heavy atom. The molecule has 3 nitrogen and oxygen atoms in total. The van der Waals surface area contributed by atoms with E-state index in [4.69, 9.17) is 0 Å². The highest BCUT2D eigenvalue weighted by Crippen LogP contribution is 2.14. The van der Waals surface area contributed by atoms with Gasteiger partial charge in [0.2, 0.25) is 5.91 Å². The Bertz CT molecular complexity index is 427. The zero-order valence-electron chi connectivity index (χ0n) is 10.0. The molecule has 0 unspecified atom stereocenters. The maximum Gasteiger partial charge on any atom is 0.225 e. The monoisotopic (exact) mass is 218 g/mol. The zero-order chi connectivity index (χ0) is 12.0. The summed E-state index contributed by atoms with van der Waals surface area (Å²) in [5, 5.41) is 3.74. The molecule has 0 saturated carbocycles. The first-order chi connectivity index (χ1) is 7.79. The van der Waals surface area contributed by atoms with Crippen LogP contribution in [0.1, 0.15) is 19.5 Å². The van der Waals surface area contributed by atoms with Crippen LogP contribution in [0.5, 0.6) is 0 Å². The second-order valence-electron chi connectivity index (χ2n) is 3.23. The van der Waals surface area contributed by atoms with Gasteiger partial charge in [-0.05, 0) is 17.5 Å². The van der Waals surface area contributed by atoms with Crippen LogP contribution in [-0.4, -0.2) is 17.9 Å². The van der Waals surface area contributed by atoms with Crippen LogP contribution in [0.25, 0.3) is 10.9 Å². The number of para-hydroxylation sites is 1. The molecule has 0 aliphatic heterocycles. The summed E-state index contributed by atoms with van der Waals surface area (Å²) in [7, 11) is 1.64. The van der Waals surface area contributed by atoms with Gasteiger partial charge in [-0.2, -0.15) is 0 Å². The van der Waals surface area contributed by atoms with Gasteiger partial charge in [0, 0.05) is 18.3 Å². The minimum atomic E-state index is 0.0246. The van der Waals surface area contributed by atoms with Gasteiger partial charge in [0.1, 0.15) is 0 Å². The van der Waals surface area contributed by atoms with Crippen molar-refractivity contribution in [3.05, 3.63) is 36.0 Å². The number of hydrogen-bond donors (Lipinski definition) is 2. The molecule has 0 radical (unpaired) electrons. The molecule has 0 aliphatic rings. The summed E-state index contributed by atoms with van der Waals surface area (Å²) in [4.78, 5) is 14.3. The highest BCUT2D eigenvalue weighted by Gasteiger charge is 2.03. The highest BCUT2D eigenvalue weighted by molar-refractivity contribution is 5.83. The fourth-order valence-corrected chi connectivity index (χ4v) is 1.49. The molecule has 0 atom stereocenters. The second-order valence-corrected chi connectivity index (χ2v) is 3.23. The quantitative estimate of drug-likeness (QED) is 0.799. The van der Waals surface area contributed by atoms with Crippen molar-refractivity contribution in [1.29, 1.82) is 0 Å². The van der Waals surface area contributed by atoms with Crippen molar-refractivity contribution < 1.29 is 4.79 Å². The van der Waals surface area contributed by atoms with Gasteiger partial charge in [-0.15, -0.1) is 0 Å². The molecular weight excluding hydrogens is 200 g/mol. The first-order valence-corrected chi connectivity index (χ1v) is 5.57. The SMILES string of the molecule is CC.CNC(=O)Cc1cc2ccccc2[nH]1. The van der Waals surface area contributed by atoms with Crippen LogP contribution in [-0.2, 0) is 11.2 Å². The van der Waals surface area contributed by atoms with Crippen molar-refractivity contribution >= 4 is 16.8 Å². The minimum absolute atomic E-state index is 0.0246. The Kier molecular flexibility index (Phi) is 4.58. The van der Waals surface area contributed by atoms with Gasteiger partial charge in [-0.1, -0.05) is 32.0 Å². The van der Waals surface area contributed by atoms with Gasteiger partial charge in [-0.3, -0.25) is 4.79 Å². The summed E-state index contributed by atoms with van der Waals surface area (Å²) in [5.41, 5.74) is 2.02. The standard InChI is InChI=1S/C11H12N2O.C2H6/c1-12-11(14)7-9-6-8-4-2-3-5-10(8)13-9;1-2/h2-6,13H,7H2,1H3,(H,12,14);1-2H3. The number of benzene rings is 1. The minimum Gasteiger partial charge on any atom is -0.359 e. The number of rotatable bonds is 2. The third-order valence-electron chi connectivity index (χ3n) is 2.22. The number of carbonyl (C=O) groups is 1. The van der Waals surface area contributed by atoms with Crippen LogP contribution in [0.2, 0.25) is 0 Å². The number of amides is 1. The maximum absolute atomic E-state index is 11.1. The highest BCUT2D eigenvalue weighted by atomic mass is 16.1. The number of likely N-dealkylation sites (N-methyl/N-ethyl adjacent to an activating group) is 1. The summed E-state index contributed by atoms with van der Waals surface area (Å²) in [6, 6.07) is 9.99. The largest absolute Gasteiger partial charge is 0.359 e. The molecular formula is C13H18N2O. The van der Waals surface area contributed by atoms with E-state index < -0.39 is 0 Å². The molecule has 0 bridgehead atoms. The molecule has 0 aliphatic carbocycles. The third kappa shape index (κ3) is 2.86. The first kappa shape index (κ1) is 12.3. The van der Waals surface area contributed by atoms with Gasteiger partial charge < -0.3 is 10.3 Å². The smallest absolute Gasteiger partial charge is 0.225 e. The number of hydrogen-bond acceptors (Lipinski definition) is 1. The Hall–Kier alpha value is -1.77. The number of aromatic amines is 1. The zero-order valence-corrected chi connectivity index (χ0v) is 10.0. The predicted molar refractivity (Wildman–Crippen MR) is 67.4 cm³/mol. The summed E-state index contributed by atoms with van der Waals surface area (Å²) in [6.07, 6.45) is 0.408. The van der Waals surface area contributed by atoms with Gasteiger partial charge in [0.05, 0.1) is 6.42 Å². The average Bonchev–Trinajstić information content (AvgIpc) is 2.73. The number of fused-ring (bicyclic) bond motifs is 1. The molecule has 1 aromatic carbocycles. The molecule has 2 N–H and O–H groups in total. The lowest BCUT2D eigenvalue weighted by atomic mass is 10.2. The van der Waals surface area contributed by atoms with Crippen molar-refractivity contribution in [3.63, 3.8) is 0 Å². The lowest BCUT2D eigenvalue weighted by Crippen LogP contribution is -2.19. The maximum atomic E-state index is 11.1. The van der Waals surface area contributed by atoms with Gasteiger partial charge in [0.25, 0.3) is 0 Å². The van der Waals surface area contributed by atoms with Crippen LogP contribution >= 0.6 is 0 Å². The molecule has 1 amide bonds. The van der Waals surface area contributed by atoms with E-state index in [1.54, 1.807) is 7.05 Å². The number of carbonyl (C=O) groups excluding carboxylic acids is 1. The molecule has 3 heteroatoms. The Labute approximate surface area is 95.9 Å². The average molecular weight is 218 g/mol. The first-order valence-electron chi connectivity index (χ1n) is 5.57. The molecule has 2 aromatic rings. The molecule has 1 heterocycles. The van der Waals surface area contributed by atoms with E-state index in [0.717, 1.165) is 16.6 Å². The van der Waals surface area contributed by atoms with Crippen LogP contribution in [0.3, 0.4) is 0 Å². The predicted octanol–water partition coefficient (Wildman–Crippen LogP) is 2.48. The van der Waals surface area contributed by atoms with Crippen LogP contribution < -0.4 is 5.32 Å². The van der Waals surface area contributed by atoms with Crippen molar-refractivity contribution in [3.8, 4) is 0 Å². The van der Waals surface area contributed by atoms with Gasteiger partial charge >= 0.3 is 0 Å². The molecule has 86 valence electrons. The van der Waals surface area contributed by atoms with Crippen LogP contribution in [0.15, 0.2) is 30.3 Å². The molecule has 0 saturated heterocycles. The van der Waals surface area contributed by atoms with Gasteiger partial charge in [-0.25, -0.2) is 0 Å². The van der Waals surface area contributed by atoms with E-state index in [1.807, 2.05) is 44.2 Å². The van der Waals surface area contributed by atoms with Crippen molar-refractivity contribution in [2.24, 2.45) is 0 Å². The fraction of sp³-hybridized carbons (Fsp3) is 0.308. The fourth-order valence-electron chi connectivity index (χ4n) is 1.49. The van der Waals surface area contributed by atoms with E-state index in [2.05, 4.69) is 10.3 Å². The summed E-state index contributed by atoms with van der Waals surface area (Å²) in [6.45, 7) is 4.00. The van der Waals surface area contributed by atoms with E-state index >= 15 is 0 Å². The van der Waals surface area contributed by atoms with Crippen LogP contribution in [0, 0.1) is 0 Å². The van der Waals surface area contributed by atoms with E-state index in [1.165, 1.54) is 0 Å². The molecule has 1 aromatic heterocycles. The normalized spacial score (nSPS) is 9.44. The van der Waals surface area contributed by atoms with E-state index in [0.29, 0.717) is 6.42 Å². The third-order valence-corrected chi connectivity index (χ3v) is 2.22. The van der Waals surface area contributed by atoms with Crippen molar-refractivity contribution in [2.45, 2.75) is 20.3 Å². The number of nitrogens with one attached hydrogen (secondary N) is 2.